The molecule has 1 heterocycles. The van der Waals surface area contributed by atoms with Crippen molar-refractivity contribution in [1.29, 1.82) is 0 Å². The topological polar surface area (TPSA) is 21.3 Å². The molecule has 1 saturated heterocycles. The van der Waals surface area contributed by atoms with Crippen molar-refractivity contribution in [1.82, 2.24) is 5.32 Å². The Hall–Kier alpha value is -0.0800. The fourth-order valence-corrected chi connectivity index (χ4v) is 4.28. The van der Waals surface area contributed by atoms with Crippen molar-refractivity contribution in [3.8, 4) is 0 Å². The van der Waals surface area contributed by atoms with E-state index in [-0.39, 0.29) is 0 Å². The van der Waals surface area contributed by atoms with Crippen molar-refractivity contribution < 1.29 is 4.74 Å². The van der Waals surface area contributed by atoms with E-state index in [2.05, 4.69) is 26.1 Å². The molecule has 19 heavy (non-hydrogen) atoms. The molecule has 0 aromatic rings. The smallest absolute Gasteiger partial charge is 0.0616 e. The molecule has 0 aromatic carbocycles. The van der Waals surface area contributed by atoms with Gasteiger partial charge in [0, 0.05) is 18.6 Å². The van der Waals surface area contributed by atoms with E-state index in [1.54, 1.807) is 0 Å². The summed E-state index contributed by atoms with van der Waals surface area (Å²) in [5, 5.41) is 3.89. The molecule has 0 amide bonds. The Labute approximate surface area is 119 Å². The summed E-state index contributed by atoms with van der Waals surface area (Å²) in [5.41, 5.74) is 0. The maximum Gasteiger partial charge on any atom is 0.0616 e. The van der Waals surface area contributed by atoms with E-state index in [0.29, 0.717) is 12.1 Å². The van der Waals surface area contributed by atoms with Crippen LogP contribution in [0.25, 0.3) is 0 Å². The third-order valence-electron chi connectivity index (χ3n) is 5.24. The average molecular weight is 267 g/mol. The van der Waals surface area contributed by atoms with Crippen LogP contribution < -0.4 is 5.32 Å². The molecular formula is C17H33NO. The lowest BCUT2D eigenvalue weighted by molar-refractivity contribution is 0.0620. The molecule has 0 spiro atoms. The van der Waals surface area contributed by atoms with Gasteiger partial charge in [-0.2, -0.15) is 0 Å². The molecule has 0 bridgehead atoms. The van der Waals surface area contributed by atoms with Crippen LogP contribution in [0.4, 0.5) is 0 Å². The molecule has 1 aliphatic heterocycles. The summed E-state index contributed by atoms with van der Waals surface area (Å²) in [4.78, 5) is 0. The zero-order valence-corrected chi connectivity index (χ0v) is 13.2. The normalized spacial score (nSPS) is 37.4. The van der Waals surface area contributed by atoms with E-state index in [9.17, 15) is 0 Å². The molecule has 112 valence electrons. The number of rotatable bonds is 6. The number of ether oxygens (including phenoxy) is 1. The molecule has 5 unspecified atom stereocenters. The van der Waals surface area contributed by atoms with Crippen LogP contribution in [0.15, 0.2) is 0 Å². The second kappa shape index (κ2) is 7.64. The van der Waals surface area contributed by atoms with Crippen LogP contribution >= 0.6 is 0 Å². The fourth-order valence-electron chi connectivity index (χ4n) is 4.28. The summed E-state index contributed by atoms with van der Waals surface area (Å²) in [7, 11) is 0. The molecular weight excluding hydrogens is 234 g/mol. The average Bonchev–Trinajstić information content (AvgIpc) is 2.88. The largest absolute Gasteiger partial charge is 0.378 e. The van der Waals surface area contributed by atoms with Crippen molar-refractivity contribution >= 4 is 0 Å². The van der Waals surface area contributed by atoms with E-state index in [1.165, 1.54) is 51.5 Å². The fraction of sp³-hybridized carbons (Fsp3) is 1.00. The van der Waals surface area contributed by atoms with Crippen molar-refractivity contribution in [2.75, 3.05) is 13.2 Å². The third kappa shape index (κ3) is 3.95. The van der Waals surface area contributed by atoms with E-state index in [0.717, 1.165) is 24.4 Å². The zero-order valence-electron chi connectivity index (χ0n) is 13.2. The molecule has 1 aliphatic carbocycles. The second-order valence-electron chi connectivity index (χ2n) is 6.78. The maximum absolute atomic E-state index is 5.95. The molecule has 2 fully saturated rings. The van der Waals surface area contributed by atoms with Crippen LogP contribution in [0.1, 0.15) is 65.7 Å². The van der Waals surface area contributed by atoms with Gasteiger partial charge in [0.1, 0.15) is 0 Å². The summed E-state index contributed by atoms with van der Waals surface area (Å²) >= 11 is 0. The Kier molecular flexibility index (Phi) is 6.15. The lowest BCUT2D eigenvalue weighted by Gasteiger charge is -2.38. The van der Waals surface area contributed by atoms with E-state index in [1.807, 2.05) is 0 Å². The molecule has 2 nitrogen and oxygen atoms in total. The Balaban J connectivity index is 2.01. The van der Waals surface area contributed by atoms with Gasteiger partial charge >= 0.3 is 0 Å². The van der Waals surface area contributed by atoms with Gasteiger partial charge in [-0.1, -0.05) is 33.6 Å². The molecule has 0 radical (unpaired) electrons. The van der Waals surface area contributed by atoms with E-state index in [4.69, 9.17) is 4.74 Å². The predicted octanol–water partition coefficient (Wildman–Crippen LogP) is 4.00. The van der Waals surface area contributed by atoms with Gasteiger partial charge in [0.15, 0.2) is 0 Å². The van der Waals surface area contributed by atoms with Crippen molar-refractivity contribution in [3.05, 3.63) is 0 Å². The Bertz CT molecular complexity index is 256. The van der Waals surface area contributed by atoms with Gasteiger partial charge in [0.05, 0.1) is 6.10 Å². The van der Waals surface area contributed by atoms with Crippen LogP contribution in [0.5, 0.6) is 0 Å². The number of hydrogen-bond acceptors (Lipinski definition) is 2. The van der Waals surface area contributed by atoms with Crippen LogP contribution in [-0.4, -0.2) is 25.3 Å². The van der Waals surface area contributed by atoms with E-state index >= 15 is 0 Å². The van der Waals surface area contributed by atoms with Gasteiger partial charge in [-0.05, 0) is 50.5 Å². The maximum atomic E-state index is 5.95. The Morgan fingerprint density at radius 3 is 2.74 bits per heavy atom. The first kappa shape index (κ1) is 15.3. The molecule has 1 N–H and O–H groups in total. The summed E-state index contributed by atoms with van der Waals surface area (Å²) in [6, 6.07) is 0.704. The SMILES string of the molecule is CCCNC(C1CCCC(C)C1)C1CCOC1CC. The monoisotopic (exact) mass is 267 g/mol. The molecule has 0 aromatic heterocycles. The Morgan fingerprint density at radius 1 is 1.21 bits per heavy atom. The summed E-state index contributed by atoms with van der Waals surface area (Å²) in [5.74, 6) is 2.56. The van der Waals surface area contributed by atoms with Crippen LogP contribution in [0.2, 0.25) is 0 Å². The lowest BCUT2D eigenvalue weighted by atomic mass is 9.73. The van der Waals surface area contributed by atoms with Gasteiger partial charge in [-0.3, -0.25) is 0 Å². The van der Waals surface area contributed by atoms with Gasteiger partial charge in [-0.15, -0.1) is 0 Å². The highest BCUT2D eigenvalue weighted by atomic mass is 16.5. The molecule has 2 rings (SSSR count). The molecule has 2 aliphatic rings. The van der Waals surface area contributed by atoms with Gasteiger partial charge in [0.2, 0.25) is 0 Å². The third-order valence-corrected chi connectivity index (χ3v) is 5.24. The standard InChI is InChI=1S/C17H33NO/c1-4-10-18-17(14-8-6-7-13(3)12-14)15-9-11-19-16(15)5-2/h13-18H,4-12H2,1-3H3. The molecule has 2 heteroatoms. The first-order valence-corrected chi connectivity index (χ1v) is 8.61. The lowest BCUT2D eigenvalue weighted by Crippen LogP contribution is -2.46. The minimum absolute atomic E-state index is 0.506. The number of nitrogens with one attached hydrogen (secondary N) is 1. The van der Waals surface area contributed by atoms with E-state index < -0.39 is 0 Å². The first-order chi connectivity index (χ1) is 9.26. The summed E-state index contributed by atoms with van der Waals surface area (Å²) in [6.45, 7) is 9.14. The first-order valence-electron chi connectivity index (χ1n) is 8.61. The Morgan fingerprint density at radius 2 is 2.05 bits per heavy atom. The van der Waals surface area contributed by atoms with Crippen LogP contribution in [-0.2, 0) is 4.74 Å². The minimum atomic E-state index is 0.506. The van der Waals surface area contributed by atoms with Gasteiger partial charge < -0.3 is 10.1 Å². The second-order valence-corrected chi connectivity index (χ2v) is 6.78. The molecule has 5 atom stereocenters. The highest BCUT2D eigenvalue weighted by molar-refractivity contribution is 4.91. The summed E-state index contributed by atoms with van der Waals surface area (Å²) in [6.07, 6.45) is 9.92. The van der Waals surface area contributed by atoms with Crippen molar-refractivity contribution in [2.45, 2.75) is 77.9 Å². The zero-order chi connectivity index (χ0) is 13.7. The number of hydrogen-bond donors (Lipinski definition) is 1. The van der Waals surface area contributed by atoms with Crippen molar-refractivity contribution in [3.63, 3.8) is 0 Å². The van der Waals surface area contributed by atoms with Crippen molar-refractivity contribution in [2.24, 2.45) is 17.8 Å². The van der Waals surface area contributed by atoms with Gasteiger partial charge in [0.25, 0.3) is 0 Å². The highest BCUT2D eigenvalue weighted by Gasteiger charge is 2.38. The molecule has 1 saturated carbocycles. The van der Waals surface area contributed by atoms with Crippen LogP contribution in [0, 0.1) is 17.8 Å². The summed E-state index contributed by atoms with van der Waals surface area (Å²) < 4.78 is 5.95. The predicted molar refractivity (Wildman–Crippen MR) is 81.3 cm³/mol. The van der Waals surface area contributed by atoms with Crippen LogP contribution in [0.3, 0.4) is 0 Å². The minimum Gasteiger partial charge on any atom is -0.378 e. The highest BCUT2D eigenvalue weighted by Crippen LogP contribution is 2.37. The van der Waals surface area contributed by atoms with Gasteiger partial charge in [-0.25, -0.2) is 0 Å². The quantitative estimate of drug-likeness (QED) is 0.785.